The minimum atomic E-state index is -3.25. The molecule has 1 aromatic rings. The smallest absolute Gasteiger partial charge is 0.279 e. The second-order valence-corrected chi connectivity index (χ2v) is 7.85. The normalized spacial score (nSPS) is 22.8. The van der Waals surface area contributed by atoms with Gasteiger partial charge in [-0.2, -0.15) is 0 Å². The van der Waals surface area contributed by atoms with Gasteiger partial charge in [-0.25, -0.2) is 8.42 Å². The van der Waals surface area contributed by atoms with Crippen LogP contribution in [0.3, 0.4) is 0 Å². The molecule has 0 spiro atoms. The number of quaternary nitrogens is 1. The monoisotopic (exact) mass is 311 g/mol. The summed E-state index contributed by atoms with van der Waals surface area (Å²) in [5, 5.41) is 2.80. The SMILES string of the molecule is C[C@H]1CCCC[NH+]1CC(=O)Nc1cccc(S(C)(=O)=O)c1. The molecule has 5 nitrogen and oxygen atoms in total. The van der Waals surface area contributed by atoms with E-state index in [0.717, 1.165) is 25.6 Å². The van der Waals surface area contributed by atoms with Crippen LogP contribution < -0.4 is 10.2 Å². The number of benzene rings is 1. The Hall–Kier alpha value is -1.40. The molecule has 1 heterocycles. The zero-order valence-corrected chi connectivity index (χ0v) is 13.4. The molecular weight excluding hydrogens is 288 g/mol. The van der Waals surface area contributed by atoms with Gasteiger partial charge >= 0.3 is 0 Å². The van der Waals surface area contributed by atoms with Crippen molar-refractivity contribution >= 4 is 21.4 Å². The molecule has 1 aromatic carbocycles. The van der Waals surface area contributed by atoms with Crippen molar-refractivity contribution in [3.8, 4) is 0 Å². The first kappa shape index (κ1) is 16.0. The highest BCUT2D eigenvalue weighted by Gasteiger charge is 2.24. The lowest BCUT2D eigenvalue weighted by Gasteiger charge is -2.29. The van der Waals surface area contributed by atoms with Gasteiger partial charge in [-0.3, -0.25) is 4.79 Å². The van der Waals surface area contributed by atoms with Crippen molar-refractivity contribution in [1.82, 2.24) is 0 Å². The van der Waals surface area contributed by atoms with Gasteiger partial charge in [0.05, 0.1) is 17.5 Å². The number of anilines is 1. The maximum Gasteiger partial charge on any atom is 0.279 e. The molecule has 116 valence electrons. The van der Waals surface area contributed by atoms with Crippen molar-refractivity contribution in [2.45, 2.75) is 37.1 Å². The summed E-state index contributed by atoms with van der Waals surface area (Å²) in [6, 6.07) is 6.89. The first-order valence-corrected chi connectivity index (χ1v) is 9.20. The third-order valence-electron chi connectivity index (χ3n) is 4.02. The van der Waals surface area contributed by atoms with Crippen LogP contribution in [0.1, 0.15) is 26.2 Å². The lowest BCUT2D eigenvalue weighted by atomic mass is 10.0. The number of sulfone groups is 1. The number of hydrogen-bond acceptors (Lipinski definition) is 3. The summed E-state index contributed by atoms with van der Waals surface area (Å²) in [4.78, 5) is 13.6. The van der Waals surface area contributed by atoms with Crippen LogP contribution in [0.5, 0.6) is 0 Å². The van der Waals surface area contributed by atoms with Gasteiger partial charge in [-0.1, -0.05) is 6.07 Å². The van der Waals surface area contributed by atoms with E-state index in [4.69, 9.17) is 0 Å². The second-order valence-electron chi connectivity index (χ2n) is 5.83. The van der Waals surface area contributed by atoms with Gasteiger partial charge in [0.2, 0.25) is 0 Å². The lowest BCUT2D eigenvalue weighted by Crippen LogP contribution is -3.17. The van der Waals surface area contributed by atoms with Gasteiger partial charge < -0.3 is 10.2 Å². The molecule has 1 aliphatic heterocycles. The average molecular weight is 311 g/mol. The van der Waals surface area contributed by atoms with Gasteiger partial charge in [0, 0.05) is 11.9 Å². The number of carbonyl (C=O) groups excluding carboxylic acids is 1. The largest absolute Gasteiger partial charge is 0.325 e. The molecule has 1 fully saturated rings. The van der Waals surface area contributed by atoms with Crippen molar-refractivity contribution in [1.29, 1.82) is 0 Å². The highest BCUT2D eigenvalue weighted by Crippen LogP contribution is 2.15. The number of piperidine rings is 1. The zero-order valence-electron chi connectivity index (χ0n) is 12.6. The summed E-state index contributed by atoms with van der Waals surface area (Å²) < 4.78 is 23.0. The van der Waals surface area contributed by atoms with E-state index in [2.05, 4.69) is 12.2 Å². The fourth-order valence-corrected chi connectivity index (χ4v) is 3.40. The van der Waals surface area contributed by atoms with Crippen LogP contribution in [-0.4, -0.2) is 39.7 Å². The topological polar surface area (TPSA) is 67.7 Å². The highest BCUT2D eigenvalue weighted by atomic mass is 32.2. The Balaban J connectivity index is 1.99. The minimum absolute atomic E-state index is 0.0654. The Morgan fingerprint density at radius 1 is 1.38 bits per heavy atom. The van der Waals surface area contributed by atoms with Gasteiger partial charge in [0.1, 0.15) is 0 Å². The molecule has 0 saturated carbocycles. The van der Waals surface area contributed by atoms with Crippen molar-refractivity contribution in [3.63, 3.8) is 0 Å². The molecule has 0 bridgehead atoms. The quantitative estimate of drug-likeness (QED) is 0.850. The summed E-state index contributed by atoms with van der Waals surface area (Å²) in [5.41, 5.74) is 0.534. The molecule has 2 atom stereocenters. The van der Waals surface area contributed by atoms with Gasteiger partial charge in [-0.05, 0) is 44.4 Å². The van der Waals surface area contributed by atoms with Gasteiger partial charge in [0.25, 0.3) is 5.91 Å². The Labute approximate surface area is 126 Å². The molecule has 6 heteroatoms. The van der Waals surface area contributed by atoms with E-state index in [1.807, 2.05) is 0 Å². The Kier molecular flexibility index (Phi) is 5.00. The third-order valence-corrected chi connectivity index (χ3v) is 5.13. The molecule has 2 rings (SSSR count). The maximum absolute atomic E-state index is 12.1. The third kappa shape index (κ3) is 4.54. The maximum atomic E-state index is 12.1. The van der Waals surface area contributed by atoms with Crippen molar-refractivity contribution < 1.29 is 18.1 Å². The Morgan fingerprint density at radius 2 is 2.14 bits per heavy atom. The second kappa shape index (κ2) is 6.58. The predicted molar refractivity (Wildman–Crippen MR) is 82.2 cm³/mol. The summed E-state index contributed by atoms with van der Waals surface area (Å²) in [6.45, 7) is 3.63. The average Bonchev–Trinajstić information content (AvgIpc) is 2.41. The molecule has 0 aromatic heterocycles. The first-order chi connectivity index (χ1) is 9.86. The molecule has 2 N–H and O–H groups in total. The predicted octanol–water partition coefficient (Wildman–Crippen LogP) is 0.486. The molecule has 0 aliphatic carbocycles. The highest BCUT2D eigenvalue weighted by molar-refractivity contribution is 7.90. The van der Waals surface area contributed by atoms with E-state index in [-0.39, 0.29) is 10.8 Å². The number of nitrogens with one attached hydrogen (secondary N) is 2. The van der Waals surface area contributed by atoms with E-state index < -0.39 is 9.84 Å². The summed E-state index contributed by atoms with van der Waals surface area (Å²) in [7, 11) is -3.25. The minimum Gasteiger partial charge on any atom is -0.325 e. The van der Waals surface area contributed by atoms with Crippen LogP contribution in [0.2, 0.25) is 0 Å². The van der Waals surface area contributed by atoms with Gasteiger partial charge in [-0.15, -0.1) is 0 Å². The number of amides is 1. The fourth-order valence-electron chi connectivity index (χ4n) is 2.73. The fraction of sp³-hybridized carbons (Fsp3) is 0.533. The zero-order chi connectivity index (χ0) is 15.5. The van der Waals surface area contributed by atoms with Crippen LogP contribution in [0.15, 0.2) is 29.2 Å². The summed E-state index contributed by atoms with van der Waals surface area (Å²) in [6.07, 6.45) is 4.72. The van der Waals surface area contributed by atoms with Crippen LogP contribution >= 0.6 is 0 Å². The molecule has 21 heavy (non-hydrogen) atoms. The molecule has 0 radical (unpaired) electrons. The van der Waals surface area contributed by atoms with Crippen molar-refractivity contribution in [2.24, 2.45) is 0 Å². The van der Waals surface area contributed by atoms with Crippen molar-refractivity contribution in [3.05, 3.63) is 24.3 Å². The molecule has 1 amide bonds. The molecular formula is C15H23N2O3S+. The van der Waals surface area contributed by atoms with E-state index in [9.17, 15) is 13.2 Å². The number of hydrogen-bond donors (Lipinski definition) is 2. The standard InChI is InChI=1S/C15H22N2O3S/c1-12-6-3-4-9-17(12)11-15(18)16-13-7-5-8-14(10-13)21(2,19)20/h5,7-8,10,12H,3-4,6,9,11H2,1-2H3,(H,16,18)/p+1/t12-/m0/s1. The summed E-state index contributed by atoms with van der Waals surface area (Å²) >= 11 is 0. The van der Waals surface area contributed by atoms with E-state index >= 15 is 0 Å². The molecule has 1 saturated heterocycles. The van der Waals surface area contributed by atoms with Crippen molar-refractivity contribution in [2.75, 3.05) is 24.7 Å². The molecule has 1 unspecified atom stereocenters. The van der Waals surface area contributed by atoms with Gasteiger partial charge in [0.15, 0.2) is 16.4 Å². The molecule has 1 aliphatic rings. The number of likely N-dealkylation sites (tertiary alicyclic amines) is 1. The van der Waals surface area contributed by atoms with Crippen LogP contribution in [0, 0.1) is 0 Å². The van der Waals surface area contributed by atoms with Crippen LogP contribution in [0.4, 0.5) is 5.69 Å². The van der Waals surface area contributed by atoms with E-state index in [0.29, 0.717) is 18.3 Å². The number of rotatable bonds is 4. The first-order valence-electron chi connectivity index (χ1n) is 7.31. The number of carbonyl (C=O) groups is 1. The van der Waals surface area contributed by atoms with Crippen LogP contribution in [0.25, 0.3) is 0 Å². The lowest BCUT2D eigenvalue weighted by molar-refractivity contribution is -0.920. The Bertz CT molecular complexity index is 613. The Morgan fingerprint density at radius 3 is 2.81 bits per heavy atom. The van der Waals surface area contributed by atoms with E-state index in [1.165, 1.54) is 23.5 Å². The van der Waals surface area contributed by atoms with Crippen LogP contribution in [-0.2, 0) is 14.6 Å². The van der Waals surface area contributed by atoms with E-state index in [1.54, 1.807) is 12.1 Å². The summed E-state index contributed by atoms with van der Waals surface area (Å²) in [5.74, 6) is -0.0654.